The van der Waals surface area contributed by atoms with Crippen LogP contribution in [0.1, 0.15) is 40.0 Å². The number of nitrogens with two attached hydrogens (primary N) is 1. The quantitative estimate of drug-likeness (QED) is 0.574. The van der Waals surface area contributed by atoms with Gasteiger partial charge in [0.25, 0.3) is 5.88 Å². The first kappa shape index (κ1) is 23.0. The predicted molar refractivity (Wildman–Crippen MR) is 120 cm³/mol. The lowest BCUT2D eigenvalue weighted by Crippen LogP contribution is -2.52. The van der Waals surface area contributed by atoms with E-state index in [-0.39, 0.29) is 48.3 Å². The van der Waals surface area contributed by atoms with Crippen LogP contribution in [0, 0.1) is 11.3 Å². The molecule has 1 aromatic carbocycles. The Labute approximate surface area is 192 Å². The number of nitrogens with one attached hydrogen (secondary N) is 1. The van der Waals surface area contributed by atoms with Crippen LogP contribution >= 0.6 is 0 Å². The van der Waals surface area contributed by atoms with Crippen molar-refractivity contribution in [2.45, 2.75) is 64.7 Å². The van der Waals surface area contributed by atoms with Gasteiger partial charge in [-0.3, -0.25) is 14.3 Å². The van der Waals surface area contributed by atoms with E-state index < -0.39 is 12.1 Å². The van der Waals surface area contributed by atoms with Gasteiger partial charge in [0, 0.05) is 6.04 Å². The minimum Gasteiger partial charge on any atom is -0.394 e. The number of rotatable bonds is 7. The third kappa shape index (κ3) is 4.95. The summed E-state index contributed by atoms with van der Waals surface area (Å²) in [6, 6.07) is 6.19. The minimum atomic E-state index is -0.984. The summed E-state index contributed by atoms with van der Waals surface area (Å²) in [7, 11) is 0. The number of piperidine rings is 1. The van der Waals surface area contributed by atoms with E-state index in [4.69, 9.17) is 10.5 Å². The van der Waals surface area contributed by atoms with Crippen LogP contribution in [-0.2, 0) is 16.1 Å². The van der Waals surface area contributed by atoms with Gasteiger partial charge in [-0.2, -0.15) is 0 Å². The van der Waals surface area contributed by atoms with Gasteiger partial charge >= 0.3 is 6.09 Å². The van der Waals surface area contributed by atoms with Crippen molar-refractivity contribution in [3.8, 4) is 5.88 Å². The number of primary amides is 1. The molecular formula is C23H31N5O5. The molecule has 4 N–H and O–H groups in total. The van der Waals surface area contributed by atoms with Gasteiger partial charge in [-0.05, 0) is 42.7 Å². The second kappa shape index (κ2) is 8.66. The minimum absolute atomic E-state index is 0.0406. The second-order valence-electron chi connectivity index (χ2n) is 10.2. The molecule has 2 aliphatic rings. The normalized spacial score (nSPS) is 22.7. The Hall–Kier alpha value is -3.14. The number of likely N-dealkylation sites (tertiary alicyclic amines) is 1. The third-order valence-electron chi connectivity index (χ3n) is 6.23. The van der Waals surface area contributed by atoms with E-state index in [2.05, 4.69) is 10.4 Å². The molecule has 1 aliphatic carbocycles. The number of aliphatic hydroxyl groups is 1. The summed E-state index contributed by atoms with van der Waals surface area (Å²) in [5, 5.41) is 17.5. The van der Waals surface area contributed by atoms with Crippen molar-refractivity contribution >= 4 is 28.8 Å². The zero-order valence-electron chi connectivity index (χ0n) is 19.2. The number of benzene rings is 1. The van der Waals surface area contributed by atoms with Gasteiger partial charge < -0.3 is 25.8 Å². The molecule has 1 saturated carbocycles. The number of carbonyl (C=O) groups is 3. The molecule has 3 amide bonds. The maximum atomic E-state index is 13.3. The number of ether oxygens (including phenoxy) is 1. The molecular weight excluding hydrogens is 426 g/mol. The predicted octanol–water partition coefficient (Wildman–Crippen LogP) is 1.40. The van der Waals surface area contributed by atoms with Crippen molar-refractivity contribution in [3.05, 3.63) is 24.3 Å². The molecule has 1 saturated heterocycles. The van der Waals surface area contributed by atoms with Crippen molar-refractivity contribution in [1.29, 1.82) is 0 Å². The molecule has 0 radical (unpaired) electrons. The molecule has 178 valence electrons. The highest BCUT2D eigenvalue weighted by atomic mass is 16.6. The fraction of sp³-hybridized carbons (Fsp3) is 0.565. The van der Waals surface area contributed by atoms with Crippen LogP contribution in [0.15, 0.2) is 24.3 Å². The molecule has 1 aliphatic heterocycles. The Morgan fingerprint density at radius 1 is 1.27 bits per heavy atom. The Balaban J connectivity index is 1.51. The maximum Gasteiger partial charge on any atom is 0.411 e. The third-order valence-corrected chi connectivity index (χ3v) is 6.23. The van der Waals surface area contributed by atoms with E-state index >= 15 is 0 Å². The van der Waals surface area contributed by atoms with Gasteiger partial charge in [-0.1, -0.05) is 32.9 Å². The number of para-hydroxylation sites is 1. The highest BCUT2D eigenvalue weighted by Gasteiger charge is 2.56. The van der Waals surface area contributed by atoms with Gasteiger partial charge in [0.15, 0.2) is 0 Å². The molecule has 10 nitrogen and oxygen atoms in total. The number of aromatic nitrogens is 2. The first-order chi connectivity index (χ1) is 15.6. The average molecular weight is 458 g/mol. The summed E-state index contributed by atoms with van der Waals surface area (Å²) >= 11 is 0. The molecule has 0 unspecified atom stereocenters. The van der Waals surface area contributed by atoms with E-state index in [0.29, 0.717) is 29.7 Å². The number of amides is 3. The molecule has 0 bridgehead atoms. The summed E-state index contributed by atoms with van der Waals surface area (Å²) in [4.78, 5) is 39.3. The van der Waals surface area contributed by atoms with E-state index in [9.17, 15) is 19.5 Å². The van der Waals surface area contributed by atoms with E-state index in [0.717, 1.165) is 6.42 Å². The van der Waals surface area contributed by atoms with E-state index in [1.54, 1.807) is 29.2 Å². The fourth-order valence-electron chi connectivity index (χ4n) is 4.84. The summed E-state index contributed by atoms with van der Waals surface area (Å²) < 4.78 is 6.46. The van der Waals surface area contributed by atoms with Crippen LogP contribution < -0.4 is 15.8 Å². The molecule has 1 aromatic heterocycles. The van der Waals surface area contributed by atoms with Crippen LogP contribution in [0.2, 0.25) is 0 Å². The zero-order valence-corrected chi connectivity index (χ0v) is 19.2. The van der Waals surface area contributed by atoms with Crippen LogP contribution in [-0.4, -0.2) is 62.4 Å². The number of nitrogens with zero attached hydrogens (tertiary/aromatic N) is 3. The maximum absolute atomic E-state index is 13.3. The lowest BCUT2D eigenvalue weighted by atomic mass is 9.88. The number of hydrogen-bond acceptors (Lipinski definition) is 6. The summed E-state index contributed by atoms with van der Waals surface area (Å²) in [6.07, 6.45) is 1.15. The molecule has 2 aromatic rings. The fourth-order valence-corrected chi connectivity index (χ4v) is 4.84. The van der Waals surface area contributed by atoms with Crippen LogP contribution in [0.4, 0.5) is 4.79 Å². The Morgan fingerprint density at radius 2 is 2.00 bits per heavy atom. The molecule has 10 heteroatoms. The second-order valence-corrected chi connectivity index (χ2v) is 10.2. The molecule has 2 fully saturated rings. The number of aliphatic hydroxyl groups excluding tert-OH is 1. The van der Waals surface area contributed by atoms with Crippen molar-refractivity contribution in [1.82, 2.24) is 20.0 Å². The van der Waals surface area contributed by atoms with E-state index in [1.165, 1.54) is 4.68 Å². The standard InChI is InChI=1S/C23H31N5O5/c1-23(2,3)10-14(12-29)25-20(31)18-9-13-8-17(13)28(18)19(30)11-27-16-7-5-4-6-15(16)21(26-27)33-22(24)32/h4-7,13-14,17-18,29H,8-12H2,1-3H3,(H2,24,32)(H,25,31)/t13-,14+,17-,18+/m1/s1. The topological polar surface area (TPSA) is 140 Å². The van der Waals surface area contributed by atoms with Gasteiger partial charge in [0.05, 0.1) is 23.6 Å². The number of fused-ring (bicyclic) bond motifs is 2. The van der Waals surface area contributed by atoms with Crippen molar-refractivity contribution in [3.63, 3.8) is 0 Å². The van der Waals surface area contributed by atoms with Gasteiger partial charge in [-0.15, -0.1) is 5.10 Å². The summed E-state index contributed by atoms with van der Waals surface area (Å²) in [6.45, 7) is 5.90. The molecule has 2 heterocycles. The van der Waals surface area contributed by atoms with Crippen LogP contribution in [0.3, 0.4) is 0 Å². The first-order valence-corrected chi connectivity index (χ1v) is 11.2. The average Bonchev–Trinajstić information content (AvgIpc) is 3.26. The Kier molecular flexibility index (Phi) is 6.04. The highest BCUT2D eigenvalue weighted by Crippen LogP contribution is 2.48. The summed E-state index contributed by atoms with van der Waals surface area (Å²) in [5.74, 6) is -0.0979. The SMILES string of the molecule is CC(C)(C)C[C@@H](CO)NC(=O)[C@@H]1C[C@H]2C[C@H]2N1C(=O)Cn1nc(OC(N)=O)c2ccccc21. The lowest BCUT2D eigenvalue weighted by Gasteiger charge is -2.30. The van der Waals surface area contributed by atoms with Gasteiger partial charge in [0.2, 0.25) is 11.8 Å². The van der Waals surface area contributed by atoms with Crippen molar-refractivity contribution in [2.24, 2.45) is 17.1 Å². The van der Waals surface area contributed by atoms with Gasteiger partial charge in [-0.25, -0.2) is 4.79 Å². The Morgan fingerprint density at radius 3 is 2.67 bits per heavy atom. The van der Waals surface area contributed by atoms with Crippen LogP contribution in [0.5, 0.6) is 5.88 Å². The summed E-state index contributed by atoms with van der Waals surface area (Å²) in [5.41, 5.74) is 5.71. The molecule has 0 spiro atoms. The van der Waals surface area contributed by atoms with Crippen molar-refractivity contribution < 1.29 is 24.2 Å². The molecule has 4 rings (SSSR count). The highest BCUT2D eigenvalue weighted by molar-refractivity contribution is 5.91. The van der Waals surface area contributed by atoms with Crippen LogP contribution in [0.25, 0.3) is 10.9 Å². The number of hydrogen-bond donors (Lipinski definition) is 3. The molecule has 33 heavy (non-hydrogen) atoms. The monoisotopic (exact) mass is 457 g/mol. The zero-order chi connectivity index (χ0) is 23.9. The van der Waals surface area contributed by atoms with Gasteiger partial charge in [0.1, 0.15) is 12.6 Å². The van der Waals surface area contributed by atoms with E-state index in [1.807, 2.05) is 20.8 Å². The smallest absolute Gasteiger partial charge is 0.394 e. The largest absolute Gasteiger partial charge is 0.411 e. The molecule has 4 atom stereocenters. The lowest BCUT2D eigenvalue weighted by molar-refractivity contribution is -0.140. The Bertz CT molecular complexity index is 1070. The van der Waals surface area contributed by atoms with Crippen molar-refractivity contribution in [2.75, 3.05) is 6.61 Å². The number of carbonyl (C=O) groups excluding carboxylic acids is 3. The first-order valence-electron chi connectivity index (χ1n) is 11.2.